The molecular weight excluding hydrogens is 202 g/mol. The van der Waals surface area contributed by atoms with Crippen LogP contribution in [0.25, 0.3) is 0 Å². The van der Waals surface area contributed by atoms with E-state index < -0.39 is 5.97 Å². The molecule has 0 unspecified atom stereocenters. The Kier molecular flexibility index (Phi) is 2.72. The minimum atomic E-state index is -0.864. The van der Waals surface area contributed by atoms with Crippen molar-refractivity contribution in [2.45, 2.75) is 20.4 Å². The highest BCUT2D eigenvalue weighted by atomic mass is 16.4. The zero-order chi connectivity index (χ0) is 11.8. The van der Waals surface area contributed by atoms with Crippen LogP contribution in [0.4, 0.5) is 0 Å². The van der Waals surface area contributed by atoms with Crippen molar-refractivity contribution in [1.29, 1.82) is 0 Å². The molecule has 1 aromatic rings. The second-order valence-corrected chi connectivity index (χ2v) is 5.31. The summed E-state index contributed by atoms with van der Waals surface area (Å²) in [5.74, 6) is -0.864. The number of likely N-dealkylation sites (tertiary alicyclic amines) is 1. The molecule has 1 aliphatic heterocycles. The number of hydrogen-bond donors (Lipinski definition) is 1. The van der Waals surface area contributed by atoms with Crippen LogP contribution in [-0.2, 0) is 6.54 Å². The molecule has 1 saturated heterocycles. The van der Waals surface area contributed by atoms with Gasteiger partial charge in [0.1, 0.15) is 0 Å². The summed E-state index contributed by atoms with van der Waals surface area (Å²) in [6, 6.07) is 7.13. The van der Waals surface area contributed by atoms with Gasteiger partial charge in [-0.1, -0.05) is 26.0 Å². The molecule has 0 amide bonds. The molecule has 3 heteroatoms. The number of carboxylic acids is 1. The summed E-state index contributed by atoms with van der Waals surface area (Å²) in [4.78, 5) is 13.0. The SMILES string of the molecule is CC1(C)CN(Cc2ccc(C(=O)O)cc2)C1. The van der Waals surface area contributed by atoms with Gasteiger partial charge in [-0.25, -0.2) is 4.79 Å². The van der Waals surface area contributed by atoms with Gasteiger partial charge in [-0.2, -0.15) is 0 Å². The van der Waals surface area contributed by atoms with Gasteiger partial charge >= 0.3 is 5.97 Å². The van der Waals surface area contributed by atoms with Gasteiger partial charge in [-0.05, 0) is 23.1 Å². The predicted octanol–water partition coefficient (Wildman–Crippen LogP) is 2.23. The van der Waals surface area contributed by atoms with Crippen LogP contribution < -0.4 is 0 Å². The summed E-state index contributed by atoms with van der Waals surface area (Å²) < 4.78 is 0. The Hall–Kier alpha value is -1.35. The van der Waals surface area contributed by atoms with Gasteiger partial charge in [-0.15, -0.1) is 0 Å². The van der Waals surface area contributed by atoms with E-state index in [0.29, 0.717) is 11.0 Å². The minimum Gasteiger partial charge on any atom is -0.478 e. The van der Waals surface area contributed by atoms with Gasteiger partial charge in [0.25, 0.3) is 0 Å². The van der Waals surface area contributed by atoms with Crippen LogP contribution in [0.5, 0.6) is 0 Å². The normalized spacial score (nSPS) is 19.1. The number of aromatic carboxylic acids is 1. The molecule has 0 atom stereocenters. The standard InChI is InChI=1S/C13H17NO2/c1-13(2)8-14(9-13)7-10-3-5-11(6-4-10)12(15)16/h3-6H,7-9H2,1-2H3,(H,15,16). The molecule has 16 heavy (non-hydrogen) atoms. The Morgan fingerprint density at radius 1 is 1.31 bits per heavy atom. The molecule has 2 rings (SSSR count). The maximum absolute atomic E-state index is 10.7. The first-order valence-corrected chi connectivity index (χ1v) is 5.51. The maximum atomic E-state index is 10.7. The fourth-order valence-corrected chi connectivity index (χ4v) is 2.29. The van der Waals surface area contributed by atoms with Crippen molar-refractivity contribution in [3.8, 4) is 0 Å². The number of carbonyl (C=O) groups is 1. The van der Waals surface area contributed by atoms with Crippen molar-refractivity contribution < 1.29 is 9.90 Å². The average molecular weight is 219 g/mol. The first-order valence-electron chi connectivity index (χ1n) is 5.51. The van der Waals surface area contributed by atoms with E-state index in [1.165, 1.54) is 5.56 Å². The highest BCUT2D eigenvalue weighted by molar-refractivity contribution is 5.87. The molecule has 1 fully saturated rings. The van der Waals surface area contributed by atoms with Crippen LogP contribution in [0.3, 0.4) is 0 Å². The Balaban J connectivity index is 1.94. The van der Waals surface area contributed by atoms with Crippen LogP contribution in [-0.4, -0.2) is 29.1 Å². The van der Waals surface area contributed by atoms with Gasteiger partial charge < -0.3 is 5.11 Å². The van der Waals surface area contributed by atoms with Gasteiger partial charge in [0.05, 0.1) is 5.56 Å². The third kappa shape index (κ3) is 2.42. The number of nitrogens with zero attached hydrogens (tertiary/aromatic N) is 1. The van der Waals surface area contributed by atoms with Crippen molar-refractivity contribution in [1.82, 2.24) is 4.90 Å². The van der Waals surface area contributed by atoms with Crippen molar-refractivity contribution >= 4 is 5.97 Å². The number of rotatable bonds is 3. The van der Waals surface area contributed by atoms with Crippen LogP contribution in [0.1, 0.15) is 29.8 Å². The molecule has 1 heterocycles. The molecule has 0 aliphatic carbocycles. The first-order chi connectivity index (χ1) is 7.46. The molecule has 1 aromatic carbocycles. The van der Waals surface area contributed by atoms with Crippen molar-refractivity contribution in [2.75, 3.05) is 13.1 Å². The number of carboxylic acid groups (broad SMARTS) is 1. The van der Waals surface area contributed by atoms with Gasteiger partial charge in [0.15, 0.2) is 0 Å². The molecule has 0 saturated carbocycles. The molecular formula is C13H17NO2. The Bertz CT molecular complexity index is 387. The van der Waals surface area contributed by atoms with E-state index in [0.717, 1.165) is 19.6 Å². The third-order valence-corrected chi connectivity index (χ3v) is 2.91. The summed E-state index contributed by atoms with van der Waals surface area (Å²) in [5, 5.41) is 8.77. The zero-order valence-electron chi connectivity index (χ0n) is 9.73. The monoisotopic (exact) mass is 219 g/mol. The van der Waals surface area contributed by atoms with Crippen LogP contribution in [0.2, 0.25) is 0 Å². The molecule has 0 bridgehead atoms. The summed E-state index contributed by atoms with van der Waals surface area (Å²) in [6.45, 7) is 7.68. The highest BCUT2D eigenvalue weighted by Gasteiger charge is 2.33. The summed E-state index contributed by atoms with van der Waals surface area (Å²) in [6.07, 6.45) is 0. The van der Waals surface area contributed by atoms with Gasteiger partial charge in [-0.3, -0.25) is 4.90 Å². The fraction of sp³-hybridized carbons (Fsp3) is 0.462. The molecule has 0 aromatic heterocycles. The maximum Gasteiger partial charge on any atom is 0.335 e. The molecule has 1 N–H and O–H groups in total. The Morgan fingerprint density at radius 3 is 2.31 bits per heavy atom. The van der Waals surface area contributed by atoms with E-state index in [4.69, 9.17) is 5.11 Å². The predicted molar refractivity (Wildman–Crippen MR) is 62.5 cm³/mol. The first kappa shape index (κ1) is 11.1. The van der Waals surface area contributed by atoms with E-state index in [1.54, 1.807) is 12.1 Å². The molecule has 86 valence electrons. The van der Waals surface area contributed by atoms with Crippen molar-refractivity contribution in [2.24, 2.45) is 5.41 Å². The van der Waals surface area contributed by atoms with Crippen molar-refractivity contribution in [3.63, 3.8) is 0 Å². The van der Waals surface area contributed by atoms with Crippen LogP contribution in [0, 0.1) is 5.41 Å². The van der Waals surface area contributed by atoms with E-state index in [-0.39, 0.29) is 0 Å². The molecule has 3 nitrogen and oxygen atoms in total. The Labute approximate surface area is 95.7 Å². The lowest BCUT2D eigenvalue weighted by Crippen LogP contribution is -2.52. The third-order valence-electron chi connectivity index (χ3n) is 2.91. The van der Waals surface area contributed by atoms with Crippen LogP contribution >= 0.6 is 0 Å². The van der Waals surface area contributed by atoms with Gasteiger partial charge in [0.2, 0.25) is 0 Å². The smallest absolute Gasteiger partial charge is 0.335 e. The van der Waals surface area contributed by atoms with E-state index in [9.17, 15) is 4.79 Å². The summed E-state index contributed by atoms with van der Waals surface area (Å²) in [7, 11) is 0. The zero-order valence-corrected chi connectivity index (χ0v) is 9.73. The second-order valence-electron chi connectivity index (χ2n) is 5.31. The highest BCUT2D eigenvalue weighted by Crippen LogP contribution is 2.29. The van der Waals surface area contributed by atoms with Gasteiger partial charge in [0, 0.05) is 19.6 Å². The lowest BCUT2D eigenvalue weighted by atomic mass is 9.84. The number of hydrogen-bond acceptors (Lipinski definition) is 2. The fourth-order valence-electron chi connectivity index (χ4n) is 2.29. The largest absolute Gasteiger partial charge is 0.478 e. The summed E-state index contributed by atoms with van der Waals surface area (Å²) >= 11 is 0. The van der Waals surface area contributed by atoms with E-state index in [2.05, 4.69) is 18.7 Å². The molecule has 0 spiro atoms. The minimum absolute atomic E-state index is 0.354. The quantitative estimate of drug-likeness (QED) is 0.847. The average Bonchev–Trinajstić information content (AvgIpc) is 2.15. The lowest BCUT2D eigenvalue weighted by molar-refractivity contribution is 0.0242. The van der Waals surface area contributed by atoms with Crippen molar-refractivity contribution in [3.05, 3.63) is 35.4 Å². The van der Waals surface area contributed by atoms with E-state index >= 15 is 0 Å². The Morgan fingerprint density at radius 2 is 1.88 bits per heavy atom. The van der Waals surface area contributed by atoms with E-state index in [1.807, 2.05) is 12.1 Å². The second kappa shape index (κ2) is 3.91. The lowest BCUT2D eigenvalue weighted by Gasteiger charge is -2.46. The molecule has 0 radical (unpaired) electrons. The van der Waals surface area contributed by atoms with Crippen LogP contribution in [0.15, 0.2) is 24.3 Å². The topological polar surface area (TPSA) is 40.5 Å². The number of benzene rings is 1. The summed E-state index contributed by atoms with van der Waals surface area (Å²) in [5.41, 5.74) is 1.98. The molecule has 1 aliphatic rings.